The number of carbonyl (C=O) groups excluding carboxylic acids is 2. The van der Waals surface area contributed by atoms with E-state index < -0.39 is 36.5 Å². The molecule has 0 aromatic heterocycles. The molecule has 1 aliphatic heterocycles. The highest BCUT2D eigenvalue weighted by molar-refractivity contribution is 5.80. The Kier molecular flexibility index (Phi) is 5.71. The molecule has 20 heavy (non-hydrogen) atoms. The van der Waals surface area contributed by atoms with Crippen molar-refractivity contribution in [2.24, 2.45) is 5.92 Å². The van der Waals surface area contributed by atoms with E-state index in [9.17, 15) is 18.4 Å². The van der Waals surface area contributed by atoms with Crippen LogP contribution in [0, 0.1) is 5.92 Å². The molecule has 0 radical (unpaired) electrons. The van der Waals surface area contributed by atoms with E-state index >= 15 is 0 Å². The van der Waals surface area contributed by atoms with Gasteiger partial charge in [0.15, 0.2) is 0 Å². The summed E-state index contributed by atoms with van der Waals surface area (Å²) in [4.78, 5) is 25.1. The first-order valence-electron chi connectivity index (χ1n) is 6.73. The lowest BCUT2D eigenvalue weighted by molar-refractivity contribution is -0.127. The van der Waals surface area contributed by atoms with Crippen molar-refractivity contribution in [3.05, 3.63) is 0 Å². The number of nitrogens with one attached hydrogen (secondary N) is 1. The summed E-state index contributed by atoms with van der Waals surface area (Å²) in [5.74, 6) is -0.881. The van der Waals surface area contributed by atoms with Crippen LogP contribution >= 0.6 is 0 Å². The number of alkyl halides is 2. The zero-order valence-corrected chi connectivity index (χ0v) is 12.1. The number of nitrogens with zero attached hydrogens (tertiary/aromatic N) is 1. The van der Waals surface area contributed by atoms with E-state index in [1.54, 1.807) is 20.8 Å². The second kappa shape index (κ2) is 6.85. The zero-order valence-electron chi connectivity index (χ0n) is 12.1. The van der Waals surface area contributed by atoms with Crippen molar-refractivity contribution in [1.82, 2.24) is 10.2 Å². The summed E-state index contributed by atoms with van der Waals surface area (Å²) in [6.45, 7) is 5.38. The predicted molar refractivity (Wildman–Crippen MR) is 69.5 cm³/mol. The summed E-state index contributed by atoms with van der Waals surface area (Å²) in [5, 5.41) is 2.19. The molecule has 0 bridgehead atoms. The molecular formula is C13H22F2N2O3. The van der Waals surface area contributed by atoms with Gasteiger partial charge in [0.25, 0.3) is 6.43 Å². The van der Waals surface area contributed by atoms with Crippen LogP contribution in [-0.2, 0) is 9.53 Å². The van der Waals surface area contributed by atoms with Crippen LogP contribution in [0.15, 0.2) is 0 Å². The van der Waals surface area contributed by atoms with Gasteiger partial charge < -0.3 is 15.0 Å². The first-order valence-corrected chi connectivity index (χ1v) is 6.73. The van der Waals surface area contributed by atoms with Crippen molar-refractivity contribution in [3.63, 3.8) is 0 Å². The van der Waals surface area contributed by atoms with Gasteiger partial charge in [-0.1, -0.05) is 0 Å². The molecule has 1 atom stereocenters. The molecule has 0 aromatic carbocycles. The smallest absolute Gasteiger partial charge is 0.410 e. The summed E-state index contributed by atoms with van der Waals surface area (Å²) < 4.78 is 29.3. The minimum atomic E-state index is -2.57. The van der Waals surface area contributed by atoms with Crippen LogP contribution in [0.5, 0.6) is 0 Å². The maximum absolute atomic E-state index is 12.1. The fourth-order valence-corrected chi connectivity index (χ4v) is 2.01. The third-order valence-corrected chi connectivity index (χ3v) is 2.87. The molecule has 1 fully saturated rings. The van der Waals surface area contributed by atoms with Gasteiger partial charge in [0, 0.05) is 13.1 Å². The second-order valence-electron chi connectivity index (χ2n) is 5.90. The lowest BCUT2D eigenvalue weighted by Crippen LogP contribution is -2.47. The average molecular weight is 292 g/mol. The number of likely N-dealkylation sites (tertiary alicyclic amines) is 1. The van der Waals surface area contributed by atoms with Crippen LogP contribution in [0.3, 0.4) is 0 Å². The minimum Gasteiger partial charge on any atom is -0.444 e. The van der Waals surface area contributed by atoms with Gasteiger partial charge in [-0.3, -0.25) is 4.79 Å². The van der Waals surface area contributed by atoms with Crippen molar-refractivity contribution in [1.29, 1.82) is 0 Å². The fourth-order valence-electron chi connectivity index (χ4n) is 2.01. The standard InChI is InChI=1S/C13H22F2N2O3/c1-13(2,3)20-12(19)17-6-4-5-9(8-17)11(18)16-7-10(14)15/h9-10H,4-8H2,1-3H3,(H,16,18)/t9-/m0/s1. The van der Waals surface area contributed by atoms with Gasteiger partial charge in [0.1, 0.15) is 5.60 Å². The van der Waals surface area contributed by atoms with E-state index in [-0.39, 0.29) is 6.54 Å². The number of halogens is 2. The quantitative estimate of drug-likeness (QED) is 0.865. The first-order chi connectivity index (χ1) is 9.19. The molecule has 1 aliphatic rings. The molecule has 116 valence electrons. The Labute approximate surface area is 117 Å². The van der Waals surface area contributed by atoms with Gasteiger partial charge in [-0.15, -0.1) is 0 Å². The van der Waals surface area contributed by atoms with E-state index in [4.69, 9.17) is 4.74 Å². The van der Waals surface area contributed by atoms with Crippen LogP contribution in [0.4, 0.5) is 13.6 Å². The van der Waals surface area contributed by atoms with E-state index in [0.29, 0.717) is 19.4 Å². The van der Waals surface area contributed by atoms with Gasteiger partial charge in [-0.25, -0.2) is 13.6 Å². The van der Waals surface area contributed by atoms with Crippen LogP contribution in [0.25, 0.3) is 0 Å². The van der Waals surface area contributed by atoms with Gasteiger partial charge in [0.05, 0.1) is 12.5 Å². The summed E-state index contributed by atoms with van der Waals surface area (Å²) in [6.07, 6.45) is -1.78. The Bertz CT molecular complexity index is 356. The van der Waals surface area contributed by atoms with Gasteiger partial charge >= 0.3 is 6.09 Å². The Hall–Kier alpha value is -1.40. The van der Waals surface area contributed by atoms with Crippen molar-refractivity contribution in [2.75, 3.05) is 19.6 Å². The molecule has 0 spiro atoms. The molecule has 5 nitrogen and oxygen atoms in total. The number of carbonyl (C=O) groups is 2. The van der Waals surface area contributed by atoms with Gasteiger partial charge in [0.2, 0.25) is 5.91 Å². The highest BCUT2D eigenvalue weighted by Crippen LogP contribution is 2.19. The number of hydrogen-bond acceptors (Lipinski definition) is 3. The maximum atomic E-state index is 12.1. The molecular weight excluding hydrogens is 270 g/mol. The van der Waals surface area contributed by atoms with Crippen LogP contribution < -0.4 is 5.32 Å². The number of piperidine rings is 1. The topological polar surface area (TPSA) is 58.6 Å². The molecule has 1 saturated heterocycles. The number of ether oxygens (including phenoxy) is 1. The van der Waals surface area contributed by atoms with Crippen molar-refractivity contribution in [2.45, 2.75) is 45.6 Å². The van der Waals surface area contributed by atoms with E-state index in [1.165, 1.54) is 4.90 Å². The zero-order chi connectivity index (χ0) is 15.3. The Morgan fingerprint density at radius 1 is 1.40 bits per heavy atom. The Morgan fingerprint density at radius 2 is 2.05 bits per heavy atom. The number of rotatable bonds is 3. The molecule has 0 aromatic rings. The first kappa shape index (κ1) is 16.7. The number of amides is 2. The average Bonchev–Trinajstić information content (AvgIpc) is 2.34. The summed E-state index contributed by atoms with van der Waals surface area (Å²) in [5.41, 5.74) is -0.595. The van der Waals surface area contributed by atoms with Gasteiger partial charge in [-0.05, 0) is 33.6 Å². The maximum Gasteiger partial charge on any atom is 0.410 e. The largest absolute Gasteiger partial charge is 0.444 e. The SMILES string of the molecule is CC(C)(C)OC(=O)N1CCC[C@H](C(=O)NCC(F)F)C1. The summed E-state index contributed by atoms with van der Waals surface area (Å²) in [7, 11) is 0. The highest BCUT2D eigenvalue weighted by atomic mass is 19.3. The third-order valence-electron chi connectivity index (χ3n) is 2.87. The molecule has 7 heteroatoms. The minimum absolute atomic E-state index is 0.212. The molecule has 0 saturated carbocycles. The van der Waals surface area contributed by atoms with E-state index in [2.05, 4.69) is 5.32 Å². The second-order valence-corrected chi connectivity index (χ2v) is 5.90. The summed E-state index contributed by atoms with van der Waals surface area (Å²) in [6, 6.07) is 0. The van der Waals surface area contributed by atoms with Crippen molar-refractivity contribution < 1.29 is 23.1 Å². The Morgan fingerprint density at radius 3 is 2.60 bits per heavy atom. The summed E-state index contributed by atoms with van der Waals surface area (Å²) >= 11 is 0. The molecule has 1 rings (SSSR count). The van der Waals surface area contributed by atoms with E-state index in [1.807, 2.05) is 0 Å². The van der Waals surface area contributed by atoms with Crippen molar-refractivity contribution >= 4 is 12.0 Å². The lowest BCUT2D eigenvalue weighted by atomic mass is 9.97. The highest BCUT2D eigenvalue weighted by Gasteiger charge is 2.31. The molecule has 2 amide bonds. The van der Waals surface area contributed by atoms with Crippen LogP contribution in [-0.4, -0.2) is 48.6 Å². The molecule has 0 unspecified atom stereocenters. The molecule has 1 N–H and O–H groups in total. The number of hydrogen-bond donors (Lipinski definition) is 1. The normalized spacial score (nSPS) is 19.9. The molecule has 1 heterocycles. The lowest BCUT2D eigenvalue weighted by Gasteiger charge is -2.33. The van der Waals surface area contributed by atoms with Crippen LogP contribution in [0.1, 0.15) is 33.6 Å². The fraction of sp³-hybridized carbons (Fsp3) is 0.846. The van der Waals surface area contributed by atoms with Crippen LogP contribution in [0.2, 0.25) is 0 Å². The van der Waals surface area contributed by atoms with E-state index in [0.717, 1.165) is 0 Å². The molecule has 0 aliphatic carbocycles. The van der Waals surface area contributed by atoms with Crippen molar-refractivity contribution in [3.8, 4) is 0 Å². The third kappa shape index (κ3) is 5.71. The van der Waals surface area contributed by atoms with Gasteiger partial charge in [-0.2, -0.15) is 0 Å². The Balaban J connectivity index is 2.49. The predicted octanol–water partition coefficient (Wildman–Crippen LogP) is 2.01. The monoisotopic (exact) mass is 292 g/mol.